The number of benzene rings is 3. The predicted molar refractivity (Wildman–Crippen MR) is 125 cm³/mol. The minimum Gasteiger partial charge on any atom is -0.280 e. The van der Waals surface area contributed by atoms with Crippen LogP contribution in [0.15, 0.2) is 94.4 Å². The van der Waals surface area contributed by atoms with E-state index in [4.69, 9.17) is 11.6 Å². The summed E-state index contributed by atoms with van der Waals surface area (Å²) >= 11 is 5.79. The van der Waals surface area contributed by atoms with Gasteiger partial charge in [0, 0.05) is 16.3 Å². The molecule has 0 aliphatic rings. The summed E-state index contributed by atoms with van der Waals surface area (Å²) in [4.78, 5) is 12.3. The van der Waals surface area contributed by atoms with Gasteiger partial charge in [-0.25, -0.2) is 13.8 Å². The molecular weight excluding hydrogens is 434 g/mol. The van der Waals surface area contributed by atoms with Crippen LogP contribution < -0.4 is 10.1 Å². The van der Waals surface area contributed by atoms with Gasteiger partial charge in [-0.1, -0.05) is 48.0 Å². The molecule has 0 aromatic heterocycles. The van der Waals surface area contributed by atoms with Gasteiger partial charge in [-0.3, -0.25) is 9.52 Å². The molecule has 3 rings (SSSR count). The Hall–Kier alpha value is -3.42. The third-order valence-corrected chi connectivity index (χ3v) is 5.80. The van der Waals surface area contributed by atoms with Gasteiger partial charge in [0.25, 0.3) is 15.9 Å². The number of hydrazone groups is 1. The third-order valence-electron chi connectivity index (χ3n) is 4.15. The molecule has 0 aliphatic heterocycles. The molecule has 3 aromatic rings. The van der Waals surface area contributed by atoms with Crippen molar-refractivity contribution >= 4 is 45.5 Å². The van der Waals surface area contributed by atoms with E-state index < -0.39 is 15.9 Å². The number of nitrogens with zero attached hydrogens (tertiary/aromatic N) is 1. The zero-order chi connectivity index (χ0) is 22.3. The molecule has 158 valence electrons. The van der Waals surface area contributed by atoms with E-state index in [-0.39, 0.29) is 4.90 Å². The number of hydrogen-bond donors (Lipinski definition) is 2. The van der Waals surface area contributed by atoms with Crippen LogP contribution in [0.4, 0.5) is 5.69 Å². The van der Waals surface area contributed by atoms with Crippen molar-refractivity contribution in [2.45, 2.75) is 11.8 Å². The molecule has 0 fully saturated rings. The highest BCUT2D eigenvalue weighted by atomic mass is 35.5. The van der Waals surface area contributed by atoms with Crippen molar-refractivity contribution < 1.29 is 13.2 Å². The van der Waals surface area contributed by atoms with Gasteiger partial charge in [0.15, 0.2) is 0 Å². The number of sulfonamides is 1. The van der Waals surface area contributed by atoms with Crippen LogP contribution in [0.25, 0.3) is 6.08 Å². The van der Waals surface area contributed by atoms with Crippen molar-refractivity contribution in [1.29, 1.82) is 0 Å². The number of hydrogen-bond acceptors (Lipinski definition) is 4. The van der Waals surface area contributed by atoms with E-state index in [9.17, 15) is 13.2 Å². The Labute approximate surface area is 186 Å². The standard InChI is InChI=1S/C23H20ClN3O3S/c1-17(15-18-5-3-2-4-6-18)16-25-26-23(28)19-7-11-21(12-8-19)27-31(29,30)22-13-9-20(24)10-14-22/h2-16,27H,1H3,(H,26,28). The number of carbonyl (C=O) groups is 1. The van der Waals surface area contributed by atoms with Gasteiger partial charge in [0.1, 0.15) is 0 Å². The van der Waals surface area contributed by atoms with Gasteiger partial charge in [-0.2, -0.15) is 5.10 Å². The first-order valence-corrected chi connectivity index (χ1v) is 11.1. The first-order valence-electron chi connectivity index (χ1n) is 9.29. The lowest BCUT2D eigenvalue weighted by Gasteiger charge is -2.08. The molecule has 2 N–H and O–H groups in total. The van der Waals surface area contributed by atoms with Crippen molar-refractivity contribution in [3.8, 4) is 0 Å². The Balaban J connectivity index is 1.60. The molecule has 3 aromatic carbocycles. The van der Waals surface area contributed by atoms with Gasteiger partial charge < -0.3 is 0 Å². The van der Waals surface area contributed by atoms with Gasteiger partial charge in [-0.05, 0) is 66.6 Å². The van der Waals surface area contributed by atoms with Crippen molar-refractivity contribution in [3.63, 3.8) is 0 Å². The SMILES string of the molecule is CC(C=NNC(=O)c1ccc(NS(=O)(=O)c2ccc(Cl)cc2)cc1)=Cc1ccccc1. The van der Waals surface area contributed by atoms with Crippen LogP contribution in [0.2, 0.25) is 5.02 Å². The van der Waals surface area contributed by atoms with Crippen LogP contribution in [-0.2, 0) is 10.0 Å². The molecule has 0 aliphatic carbocycles. The van der Waals surface area contributed by atoms with E-state index in [1.165, 1.54) is 48.5 Å². The highest BCUT2D eigenvalue weighted by molar-refractivity contribution is 7.92. The maximum Gasteiger partial charge on any atom is 0.271 e. The topological polar surface area (TPSA) is 87.6 Å². The fraction of sp³-hybridized carbons (Fsp3) is 0.0435. The summed E-state index contributed by atoms with van der Waals surface area (Å²) in [7, 11) is -3.75. The maximum absolute atomic E-state index is 12.4. The molecule has 0 unspecified atom stereocenters. The second kappa shape index (κ2) is 10.1. The summed E-state index contributed by atoms with van der Waals surface area (Å²) < 4.78 is 27.3. The number of rotatable bonds is 7. The van der Waals surface area contributed by atoms with Crippen molar-refractivity contribution in [3.05, 3.63) is 101 Å². The predicted octanol–water partition coefficient (Wildman–Crippen LogP) is 4.96. The molecule has 0 spiro atoms. The minimum absolute atomic E-state index is 0.0898. The normalized spacial score (nSPS) is 12.0. The number of nitrogens with one attached hydrogen (secondary N) is 2. The fourth-order valence-corrected chi connectivity index (χ4v) is 3.81. The number of amides is 1. The third kappa shape index (κ3) is 6.53. The van der Waals surface area contributed by atoms with Crippen LogP contribution in [-0.4, -0.2) is 20.5 Å². The summed E-state index contributed by atoms with van der Waals surface area (Å²) in [6, 6.07) is 21.6. The molecule has 0 atom stereocenters. The zero-order valence-electron chi connectivity index (χ0n) is 16.6. The average molecular weight is 454 g/mol. The van der Waals surface area contributed by atoms with Gasteiger partial charge in [0.05, 0.1) is 11.1 Å². The Morgan fingerprint density at radius 1 is 0.935 bits per heavy atom. The molecule has 6 nitrogen and oxygen atoms in total. The lowest BCUT2D eigenvalue weighted by atomic mass is 10.1. The van der Waals surface area contributed by atoms with Crippen LogP contribution in [0.3, 0.4) is 0 Å². The van der Waals surface area contributed by atoms with E-state index in [0.717, 1.165) is 11.1 Å². The van der Waals surface area contributed by atoms with E-state index >= 15 is 0 Å². The molecule has 0 heterocycles. The molecular formula is C23H20ClN3O3S. The molecule has 8 heteroatoms. The molecule has 0 bridgehead atoms. The van der Waals surface area contributed by atoms with Crippen molar-refractivity contribution in [2.75, 3.05) is 4.72 Å². The summed E-state index contributed by atoms with van der Waals surface area (Å²) in [6.07, 6.45) is 3.50. The quantitative estimate of drug-likeness (QED) is 0.391. The highest BCUT2D eigenvalue weighted by Gasteiger charge is 2.14. The van der Waals surface area contributed by atoms with E-state index in [1.807, 2.05) is 43.3 Å². The minimum atomic E-state index is -3.75. The lowest BCUT2D eigenvalue weighted by molar-refractivity contribution is 0.0955. The second-order valence-corrected chi connectivity index (χ2v) is 8.75. The highest BCUT2D eigenvalue weighted by Crippen LogP contribution is 2.18. The van der Waals surface area contributed by atoms with E-state index in [1.54, 1.807) is 6.21 Å². The Bertz CT molecular complexity index is 1210. The molecule has 31 heavy (non-hydrogen) atoms. The van der Waals surface area contributed by atoms with Crippen LogP contribution >= 0.6 is 11.6 Å². The number of carbonyl (C=O) groups excluding carboxylic acids is 1. The first-order chi connectivity index (χ1) is 14.8. The van der Waals surface area contributed by atoms with Gasteiger partial charge >= 0.3 is 0 Å². The number of allylic oxidation sites excluding steroid dienone is 1. The smallest absolute Gasteiger partial charge is 0.271 e. The zero-order valence-corrected chi connectivity index (χ0v) is 18.2. The Morgan fingerprint density at radius 2 is 1.58 bits per heavy atom. The van der Waals surface area contributed by atoms with Crippen molar-refractivity contribution in [2.24, 2.45) is 5.10 Å². The van der Waals surface area contributed by atoms with Gasteiger partial charge in [0.2, 0.25) is 0 Å². The first kappa shape index (κ1) is 22.3. The molecule has 0 radical (unpaired) electrons. The molecule has 0 saturated heterocycles. The van der Waals surface area contributed by atoms with E-state index in [0.29, 0.717) is 16.3 Å². The summed E-state index contributed by atoms with van der Waals surface area (Å²) in [5, 5.41) is 4.40. The van der Waals surface area contributed by atoms with Crippen LogP contribution in [0.1, 0.15) is 22.8 Å². The fourth-order valence-electron chi connectivity index (χ4n) is 2.62. The van der Waals surface area contributed by atoms with Gasteiger partial charge in [-0.15, -0.1) is 0 Å². The summed E-state index contributed by atoms with van der Waals surface area (Å²) in [5.41, 5.74) is 5.04. The van der Waals surface area contributed by atoms with E-state index in [2.05, 4.69) is 15.2 Å². The largest absolute Gasteiger partial charge is 0.280 e. The number of halogens is 1. The van der Waals surface area contributed by atoms with Crippen LogP contribution in [0, 0.1) is 0 Å². The summed E-state index contributed by atoms with van der Waals surface area (Å²) in [5.74, 6) is -0.407. The van der Waals surface area contributed by atoms with Crippen LogP contribution in [0.5, 0.6) is 0 Å². The average Bonchev–Trinajstić information content (AvgIpc) is 2.75. The number of anilines is 1. The van der Waals surface area contributed by atoms with Crippen molar-refractivity contribution in [1.82, 2.24) is 5.43 Å². The summed E-state index contributed by atoms with van der Waals surface area (Å²) in [6.45, 7) is 1.88. The maximum atomic E-state index is 12.4. The Kier molecular flexibility index (Phi) is 7.23. The molecule has 0 saturated carbocycles. The lowest BCUT2D eigenvalue weighted by Crippen LogP contribution is -2.18. The molecule has 1 amide bonds. The monoisotopic (exact) mass is 453 g/mol. The Morgan fingerprint density at radius 3 is 2.23 bits per heavy atom. The second-order valence-electron chi connectivity index (χ2n) is 6.63.